The molecule has 2 aromatic rings. The number of allylic oxidation sites excluding steroid dienone is 8. The van der Waals surface area contributed by atoms with Crippen LogP contribution in [0.4, 0.5) is 0 Å². The van der Waals surface area contributed by atoms with Gasteiger partial charge in [-0.15, -0.1) is 5.73 Å². The normalized spacial score (nSPS) is 16.0. The van der Waals surface area contributed by atoms with Gasteiger partial charge in [0, 0.05) is 15.6 Å². The molecule has 3 aliphatic carbocycles. The van der Waals surface area contributed by atoms with Crippen LogP contribution in [0.15, 0.2) is 83.1 Å². The van der Waals surface area contributed by atoms with Gasteiger partial charge in [-0.1, -0.05) is 76.7 Å². The Balaban J connectivity index is 1.96. The van der Waals surface area contributed by atoms with E-state index in [0.717, 1.165) is 22.0 Å². The monoisotopic (exact) mass is 382 g/mol. The van der Waals surface area contributed by atoms with E-state index in [4.69, 9.17) is 0 Å². The summed E-state index contributed by atoms with van der Waals surface area (Å²) in [4.78, 5) is 0. The van der Waals surface area contributed by atoms with Crippen molar-refractivity contribution in [2.75, 3.05) is 0 Å². The van der Waals surface area contributed by atoms with Crippen molar-refractivity contribution >= 4 is 33.2 Å². The third-order valence-electron chi connectivity index (χ3n) is 4.94. The molecule has 2 aromatic carbocycles. The first kappa shape index (κ1) is 14.7. The molecule has 0 nitrogen and oxygen atoms in total. The van der Waals surface area contributed by atoms with Crippen LogP contribution in [-0.4, -0.2) is 0 Å². The molecule has 25 heavy (non-hydrogen) atoms. The standard InChI is InChI=1S/C24H15Br/c25-23-15-22-17-9-5-4-8-16(14-17)18-10-6-7-13-20(18)24(22)21-12-3-1-2-11-19(21)23/h1-11,13,15H,12H2. The molecule has 0 aliphatic heterocycles. The fourth-order valence-corrected chi connectivity index (χ4v) is 4.43. The maximum Gasteiger partial charge on any atom is 0.0257 e. The quantitative estimate of drug-likeness (QED) is 0.442. The highest BCUT2D eigenvalue weighted by Gasteiger charge is 2.23. The zero-order chi connectivity index (χ0) is 16.8. The van der Waals surface area contributed by atoms with Crippen LogP contribution in [0.1, 0.15) is 22.3 Å². The van der Waals surface area contributed by atoms with Crippen LogP contribution in [0, 0.1) is 0 Å². The molecule has 5 rings (SSSR count). The SMILES string of the molecule is Brc1cc2c(c3c1C=CC=CC3)-c1ccccc1C1=C=C2C=CC=C1. The fraction of sp³-hybridized carbons (Fsp3) is 0.0417. The van der Waals surface area contributed by atoms with Crippen LogP contribution in [0.2, 0.25) is 0 Å². The summed E-state index contributed by atoms with van der Waals surface area (Å²) in [7, 11) is 0. The molecule has 3 aliphatic rings. The summed E-state index contributed by atoms with van der Waals surface area (Å²) in [6, 6.07) is 10.9. The van der Waals surface area contributed by atoms with E-state index in [1.165, 1.54) is 33.4 Å². The summed E-state index contributed by atoms with van der Waals surface area (Å²) in [6.07, 6.45) is 18.1. The summed E-state index contributed by atoms with van der Waals surface area (Å²) in [5.41, 5.74) is 13.7. The van der Waals surface area contributed by atoms with Crippen molar-refractivity contribution in [3.8, 4) is 11.1 Å². The lowest BCUT2D eigenvalue weighted by Crippen LogP contribution is -2.00. The van der Waals surface area contributed by atoms with E-state index in [2.05, 4.69) is 101 Å². The van der Waals surface area contributed by atoms with Crippen molar-refractivity contribution in [1.82, 2.24) is 0 Å². The summed E-state index contributed by atoms with van der Waals surface area (Å²) in [5, 5.41) is 0. The number of fused-ring (bicyclic) bond motifs is 7. The Hall–Kier alpha value is -2.60. The van der Waals surface area contributed by atoms with Crippen molar-refractivity contribution in [2.24, 2.45) is 0 Å². The molecule has 0 spiro atoms. The Morgan fingerprint density at radius 2 is 1.52 bits per heavy atom. The van der Waals surface area contributed by atoms with Crippen LogP contribution >= 0.6 is 15.9 Å². The molecule has 2 bridgehead atoms. The van der Waals surface area contributed by atoms with Crippen molar-refractivity contribution in [2.45, 2.75) is 6.42 Å². The highest BCUT2D eigenvalue weighted by atomic mass is 79.9. The predicted molar refractivity (Wildman–Crippen MR) is 110 cm³/mol. The van der Waals surface area contributed by atoms with Crippen molar-refractivity contribution in [3.63, 3.8) is 0 Å². The number of rotatable bonds is 0. The average Bonchev–Trinajstić information content (AvgIpc) is 3.07. The second kappa shape index (κ2) is 5.74. The van der Waals surface area contributed by atoms with E-state index < -0.39 is 0 Å². The van der Waals surface area contributed by atoms with Gasteiger partial charge in [-0.2, -0.15) is 0 Å². The summed E-state index contributed by atoms with van der Waals surface area (Å²) in [6.45, 7) is 0. The minimum absolute atomic E-state index is 0.931. The first-order chi connectivity index (χ1) is 12.3. The number of benzene rings is 2. The second-order valence-electron chi connectivity index (χ2n) is 6.38. The van der Waals surface area contributed by atoms with E-state index in [1.807, 2.05) is 0 Å². The first-order valence-corrected chi connectivity index (χ1v) is 9.26. The Kier molecular flexibility index (Phi) is 3.38. The molecule has 0 amide bonds. The molecular weight excluding hydrogens is 368 g/mol. The predicted octanol–water partition coefficient (Wildman–Crippen LogP) is 6.75. The van der Waals surface area contributed by atoms with Gasteiger partial charge in [0.2, 0.25) is 0 Å². The lowest BCUT2D eigenvalue weighted by Gasteiger charge is -2.19. The smallest absolute Gasteiger partial charge is 0.0257 e. The molecular formula is C24H15Br. The number of halogens is 1. The Bertz CT molecular complexity index is 1100. The second-order valence-corrected chi connectivity index (χ2v) is 7.24. The van der Waals surface area contributed by atoms with E-state index in [0.29, 0.717) is 0 Å². The molecule has 0 unspecified atom stereocenters. The van der Waals surface area contributed by atoms with Crippen molar-refractivity contribution < 1.29 is 0 Å². The van der Waals surface area contributed by atoms with Crippen molar-refractivity contribution in [3.05, 3.63) is 105 Å². The number of hydrogen-bond acceptors (Lipinski definition) is 0. The van der Waals surface area contributed by atoms with Gasteiger partial charge in [0.05, 0.1) is 0 Å². The minimum Gasteiger partial charge on any atom is -0.104 e. The van der Waals surface area contributed by atoms with Gasteiger partial charge in [-0.3, -0.25) is 0 Å². The zero-order valence-electron chi connectivity index (χ0n) is 13.6. The molecule has 118 valence electrons. The van der Waals surface area contributed by atoms with Gasteiger partial charge in [0.15, 0.2) is 0 Å². The maximum atomic E-state index is 3.80. The molecule has 0 atom stereocenters. The minimum atomic E-state index is 0.931. The third-order valence-corrected chi connectivity index (χ3v) is 5.60. The molecule has 0 fully saturated rings. The molecule has 1 heteroatoms. The zero-order valence-corrected chi connectivity index (χ0v) is 15.2. The van der Waals surface area contributed by atoms with Gasteiger partial charge in [0.25, 0.3) is 0 Å². The molecule has 0 aromatic heterocycles. The molecule has 0 saturated heterocycles. The van der Waals surface area contributed by atoms with Gasteiger partial charge >= 0.3 is 0 Å². The Labute approximate surface area is 156 Å². The highest BCUT2D eigenvalue weighted by molar-refractivity contribution is 9.10. The molecule has 0 saturated carbocycles. The lowest BCUT2D eigenvalue weighted by molar-refractivity contribution is 1.25. The maximum absolute atomic E-state index is 3.80. The van der Waals surface area contributed by atoms with Crippen LogP contribution in [-0.2, 0) is 6.42 Å². The van der Waals surface area contributed by atoms with Crippen molar-refractivity contribution in [1.29, 1.82) is 0 Å². The van der Waals surface area contributed by atoms with Crippen LogP contribution in [0.3, 0.4) is 0 Å². The van der Waals surface area contributed by atoms with E-state index in [-0.39, 0.29) is 0 Å². The largest absolute Gasteiger partial charge is 0.104 e. The summed E-state index contributed by atoms with van der Waals surface area (Å²) in [5.74, 6) is 0. The van der Waals surface area contributed by atoms with Crippen LogP contribution < -0.4 is 0 Å². The summed E-state index contributed by atoms with van der Waals surface area (Å²) >= 11 is 3.80. The summed E-state index contributed by atoms with van der Waals surface area (Å²) < 4.78 is 1.14. The first-order valence-electron chi connectivity index (χ1n) is 8.47. The van der Waals surface area contributed by atoms with Gasteiger partial charge in [-0.05, 0) is 58.0 Å². The van der Waals surface area contributed by atoms with Gasteiger partial charge < -0.3 is 0 Å². The molecule has 0 heterocycles. The van der Waals surface area contributed by atoms with Gasteiger partial charge in [-0.25, -0.2) is 0 Å². The van der Waals surface area contributed by atoms with E-state index in [1.54, 1.807) is 0 Å². The average molecular weight is 383 g/mol. The lowest BCUT2D eigenvalue weighted by atomic mass is 9.85. The Morgan fingerprint density at radius 3 is 2.36 bits per heavy atom. The van der Waals surface area contributed by atoms with Crippen LogP contribution in [0.5, 0.6) is 0 Å². The Morgan fingerprint density at radius 1 is 0.800 bits per heavy atom. The van der Waals surface area contributed by atoms with E-state index >= 15 is 0 Å². The van der Waals surface area contributed by atoms with Crippen LogP contribution in [0.25, 0.3) is 28.3 Å². The third kappa shape index (κ3) is 2.28. The molecule has 0 N–H and O–H groups in total. The van der Waals surface area contributed by atoms with Gasteiger partial charge in [0.1, 0.15) is 0 Å². The molecule has 0 radical (unpaired) electrons. The highest BCUT2D eigenvalue weighted by Crippen LogP contribution is 2.44. The van der Waals surface area contributed by atoms with E-state index in [9.17, 15) is 0 Å². The fourth-order valence-electron chi connectivity index (χ4n) is 3.83. The number of hydrogen-bond donors (Lipinski definition) is 0. The topological polar surface area (TPSA) is 0 Å².